The molecule has 1 atom stereocenters. The third-order valence-corrected chi connectivity index (χ3v) is 7.41. The van der Waals surface area contributed by atoms with Gasteiger partial charge in [-0.3, -0.25) is 18.8 Å². The topological polar surface area (TPSA) is 156 Å². The number of hydrogen-bond acceptors (Lipinski definition) is 9. The Morgan fingerprint density at radius 2 is 1.96 bits per heavy atom. The third kappa shape index (κ3) is 5.41. The Balaban J connectivity index is 1.16. The van der Waals surface area contributed by atoms with Crippen molar-refractivity contribution in [3.05, 3.63) is 131 Å². The van der Waals surface area contributed by atoms with E-state index in [4.69, 9.17) is 14.9 Å². The van der Waals surface area contributed by atoms with Crippen molar-refractivity contribution < 1.29 is 18.3 Å². The number of fused-ring (bicyclic) bond motifs is 1. The lowest BCUT2D eigenvalue weighted by molar-refractivity contribution is 0.102. The van der Waals surface area contributed by atoms with Crippen LogP contribution in [0, 0.1) is 5.82 Å². The van der Waals surface area contributed by atoms with Gasteiger partial charge in [0.25, 0.3) is 11.5 Å². The standard InChI is InChI=1S/C33H25FN8O4/c1-41-17-20(15-39-41)29-27(19-4-2-5-22(35)14-19)28-31(37-18-38-32(28)46-29)45-24-11-12-26(36-16-24)40-30(43)25-6-3-13-42(33(25)44)23-9-7-21(34)8-10-23/h2-3,5-19H,4,35H2,1H3,(H,36,40,43). The van der Waals surface area contributed by atoms with Crippen molar-refractivity contribution in [2.45, 2.75) is 12.3 Å². The number of aromatic nitrogens is 6. The molecule has 5 heterocycles. The highest BCUT2D eigenvalue weighted by Crippen LogP contribution is 2.44. The van der Waals surface area contributed by atoms with Crippen LogP contribution in [-0.4, -0.2) is 35.2 Å². The molecule has 0 fully saturated rings. The van der Waals surface area contributed by atoms with Crippen molar-refractivity contribution in [2.75, 3.05) is 5.32 Å². The first-order valence-electron chi connectivity index (χ1n) is 14.2. The molecule has 0 radical (unpaired) electrons. The highest BCUT2D eigenvalue weighted by Gasteiger charge is 2.28. The maximum absolute atomic E-state index is 13.4. The van der Waals surface area contributed by atoms with Crippen LogP contribution in [-0.2, 0) is 7.05 Å². The number of furan rings is 1. The number of amides is 1. The molecule has 0 saturated carbocycles. The summed E-state index contributed by atoms with van der Waals surface area (Å²) in [4.78, 5) is 39.1. The number of rotatable bonds is 7. The van der Waals surface area contributed by atoms with Crippen LogP contribution in [0.5, 0.6) is 11.6 Å². The number of ether oxygens (including phenoxy) is 1. The van der Waals surface area contributed by atoms with Gasteiger partial charge in [-0.25, -0.2) is 19.3 Å². The Morgan fingerprint density at radius 1 is 1.11 bits per heavy atom. The fraction of sp³-hybridized carbons (Fsp3) is 0.0909. The van der Waals surface area contributed by atoms with E-state index >= 15 is 0 Å². The van der Waals surface area contributed by atoms with Crippen molar-refractivity contribution in [1.82, 2.24) is 29.3 Å². The molecule has 1 amide bonds. The number of carbonyl (C=O) groups excluding carboxylic acids is 1. The number of halogens is 1. The summed E-state index contributed by atoms with van der Waals surface area (Å²) in [7, 11) is 1.82. The Labute approximate surface area is 260 Å². The van der Waals surface area contributed by atoms with Gasteiger partial charge < -0.3 is 20.2 Å². The largest absolute Gasteiger partial charge is 0.437 e. The number of aryl methyl sites for hydroxylation is 1. The molecule has 7 rings (SSSR count). The first-order valence-corrected chi connectivity index (χ1v) is 14.2. The van der Waals surface area contributed by atoms with Gasteiger partial charge in [0.15, 0.2) is 0 Å². The van der Waals surface area contributed by atoms with Crippen LogP contribution in [0.1, 0.15) is 28.3 Å². The van der Waals surface area contributed by atoms with Crippen molar-refractivity contribution in [1.29, 1.82) is 0 Å². The monoisotopic (exact) mass is 616 g/mol. The van der Waals surface area contributed by atoms with Gasteiger partial charge in [-0.05, 0) is 61.0 Å². The van der Waals surface area contributed by atoms with Crippen LogP contribution >= 0.6 is 0 Å². The second-order valence-corrected chi connectivity index (χ2v) is 10.5. The Kier molecular flexibility index (Phi) is 7.17. The van der Waals surface area contributed by atoms with E-state index in [1.165, 1.54) is 53.6 Å². The van der Waals surface area contributed by atoms with Crippen LogP contribution in [0.15, 0.2) is 113 Å². The molecule has 46 heavy (non-hydrogen) atoms. The predicted molar refractivity (Wildman–Crippen MR) is 167 cm³/mol. The van der Waals surface area contributed by atoms with Crippen molar-refractivity contribution >= 4 is 22.8 Å². The molecule has 6 aromatic rings. The molecule has 3 N–H and O–H groups in total. The van der Waals surface area contributed by atoms with Crippen molar-refractivity contribution in [3.63, 3.8) is 0 Å². The minimum absolute atomic E-state index is 0.110. The number of pyridine rings is 2. The zero-order valence-electron chi connectivity index (χ0n) is 24.3. The normalized spacial score (nSPS) is 14.3. The van der Waals surface area contributed by atoms with Crippen LogP contribution in [0.25, 0.3) is 28.1 Å². The van der Waals surface area contributed by atoms with E-state index in [9.17, 15) is 14.0 Å². The maximum Gasteiger partial charge on any atom is 0.267 e. The van der Waals surface area contributed by atoms with E-state index in [-0.39, 0.29) is 23.2 Å². The number of nitrogens with two attached hydrogens (primary N) is 1. The van der Waals surface area contributed by atoms with Gasteiger partial charge in [0.2, 0.25) is 11.6 Å². The number of nitrogens with zero attached hydrogens (tertiary/aromatic N) is 6. The van der Waals surface area contributed by atoms with Crippen LogP contribution in [0.2, 0.25) is 0 Å². The van der Waals surface area contributed by atoms with Gasteiger partial charge in [-0.15, -0.1) is 0 Å². The van der Waals surface area contributed by atoms with E-state index in [1.54, 1.807) is 29.1 Å². The lowest BCUT2D eigenvalue weighted by atomic mass is 9.89. The zero-order chi connectivity index (χ0) is 31.8. The maximum atomic E-state index is 13.4. The van der Waals surface area contributed by atoms with Gasteiger partial charge in [0.1, 0.15) is 40.4 Å². The summed E-state index contributed by atoms with van der Waals surface area (Å²) in [5.74, 6) is 0.162. The highest BCUT2D eigenvalue weighted by molar-refractivity contribution is 6.03. The lowest BCUT2D eigenvalue weighted by Crippen LogP contribution is -2.28. The van der Waals surface area contributed by atoms with Crippen LogP contribution in [0.4, 0.5) is 10.2 Å². The van der Waals surface area contributed by atoms with E-state index < -0.39 is 17.3 Å². The zero-order valence-corrected chi connectivity index (χ0v) is 24.3. The summed E-state index contributed by atoms with van der Waals surface area (Å²) in [6.45, 7) is 0. The van der Waals surface area contributed by atoms with Gasteiger partial charge in [-0.1, -0.05) is 12.2 Å². The van der Waals surface area contributed by atoms with Crippen molar-refractivity contribution in [3.8, 4) is 28.6 Å². The van der Waals surface area contributed by atoms with E-state index in [1.807, 2.05) is 31.5 Å². The number of allylic oxidation sites excluding steroid dienone is 3. The smallest absolute Gasteiger partial charge is 0.267 e. The SMILES string of the molecule is Cn1cc(-c2oc3ncnc(Oc4ccc(NC(=O)c5cccn(-c6ccc(F)cc6)c5=O)nc4)c3c2C2C=C(N)C=CC2)cn1. The van der Waals surface area contributed by atoms with Gasteiger partial charge in [0.05, 0.1) is 18.0 Å². The molecule has 1 aliphatic rings. The number of nitrogens with one attached hydrogen (secondary N) is 1. The van der Waals surface area contributed by atoms with E-state index in [2.05, 4.69) is 25.4 Å². The molecule has 0 aliphatic heterocycles. The van der Waals surface area contributed by atoms with Crippen LogP contribution in [0.3, 0.4) is 0 Å². The van der Waals surface area contributed by atoms with E-state index in [0.29, 0.717) is 40.4 Å². The van der Waals surface area contributed by atoms with Gasteiger partial charge in [-0.2, -0.15) is 5.10 Å². The molecule has 0 saturated heterocycles. The first kappa shape index (κ1) is 28.4. The number of benzene rings is 1. The number of anilines is 1. The molecule has 13 heteroatoms. The minimum Gasteiger partial charge on any atom is -0.437 e. The molecule has 1 aliphatic carbocycles. The molecule has 1 aromatic carbocycles. The Hall–Kier alpha value is -6.37. The summed E-state index contributed by atoms with van der Waals surface area (Å²) in [5, 5.41) is 7.52. The molecule has 12 nitrogen and oxygen atoms in total. The molecule has 228 valence electrons. The second kappa shape index (κ2) is 11.6. The number of carbonyl (C=O) groups is 1. The summed E-state index contributed by atoms with van der Waals surface area (Å²) in [6, 6.07) is 11.5. The second-order valence-electron chi connectivity index (χ2n) is 10.5. The fourth-order valence-corrected chi connectivity index (χ4v) is 5.30. The first-order chi connectivity index (χ1) is 22.3. The van der Waals surface area contributed by atoms with Gasteiger partial charge in [0, 0.05) is 42.3 Å². The number of hydrogen-bond donors (Lipinski definition) is 2. The average Bonchev–Trinajstić information content (AvgIpc) is 3.67. The van der Waals surface area contributed by atoms with Crippen LogP contribution < -0.4 is 21.3 Å². The van der Waals surface area contributed by atoms with Gasteiger partial charge >= 0.3 is 0 Å². The molecular formula is C33H25FN8O4. The molecule has 0 bridgehead atoms. The summed E-state index contributed by atoms with van der Waals surface area (Å²) in [6.07, 6.45) is 14.4. The summed E-state index contributed by atoms with van der Waals surface area (Å²) in [5.41, 5.74) is 8.47. The quantitative estimate of drug-likeness (QED) is 0.245. The highest BCUT2D eigenvalue weighted by atomic mass is 19.1. The summed E-state index contributed by atoms with van der Waals surface area (Å²) < 4.78 is 28.7. The summed E-state index contributed by atoms with van der Waals surface area (Å²) >= 11 is 0. The molecule has 0 spiro atoms. The predicted octanol–water partition coefficient (Wildman–Crippen LogP) is 5.24. The van der Waals surface area contributed by atoms with Crippen molar-refractivity contribution in [2.24, 2.45) is 12.8 Å². The lowest BCUT2D eigenvalue weighted by Gasteiger charge is -2.16. The Bertz CT molecular complexity index is 2220. The third-order valence-electron chi connectivity index (χ3n) is 7.41. The Morgan fingerprint density at radius 3 is 2.70 bits per heavy atom. The fourth-order valence-electron chi connectivity index (χ4n) is 5.30. The molecule has 1 unspecified atom stereocenters. The van der Waals surface area contributed by atoms with E-state index in [0.717, 1.165) is 11.1 Å². The molecular weight excluding hydrogens is 591 g/mol. The minimum atomic E-state index is -0.653. The molecule has 5 aromatic heterocycles. The average molecular weight is 617 g/mol.